The predicted molar refractivity (Wildman–Crippen MR) is 60.2 cm³/mol. The van der Waals surface area contributed by atoms with Crippen LogP contribution in [0.3, 0.4) is 0 Å². The molecule has 1 heterocycles. The van der Waals surface area contributed by atoms with Crippen molar-refractivity contribution in [1.82, 2.24) is 10.3 Å². The van der Waals surface area contributed by atoms with Crippen molar-refractivity contribution in [3.8, 4) is 0 Å². The van der Waals surface area contributed by atoms with Gasteiger partial charge in [-0.3, -0.25) is 4.98 Å². The molecule has 0 radical (unpaired) electrons. The fraction of sp³-hybridized carbons (Fsp3) is 0.583. The highest BCUT2D eigenvalue weighted by molar-refractivity contribution is 5.10. The third-order valence-electron chi connectivity index (χ3n) is 2.69. The molecule has 2 nitrogen and oxygen atoms in total. The van der Waals surface area contributed by atoms with Crippen molar-refractivity contribution in [1.29, 1.82) is 0 Å². The van der Waals surface area contributed by atoms with E-state index in [-0.39, 0.29) is 0 Å². The highest BCUT2D eigenvalue weighted by atomic mass is 14.9. The number of hydrogen-bond donors (Lipinski definition) is 1. The highest BCUT2D eigenvalue weighted by Crippen LogP contribution is 2.10. The molecule has 2 unspecified atom stereocenters. The van der Waals surface area contributed by atoms with Crippen LogP contribution in [0.4, 0.5) is 0 Å². The fourth-order valence-electron chi connectivity index (χ4n) is 1.59. The zero-order chi connectivity index (χ0) is 10.4. The molecule has 1 rings (SSSR count). The van der Waals surface area contributed by atoms with E-state index in [0.29, 0.717) is 12.0 Å². The monoisotopic (exact) mass is 192 g/mol. The average molecular weight is 192 g/mol. The number of aromatic nitrogens is 1. The molecule has 1 N–H and O–H groups in total. The fourth-order valence-corrected chi connectivity index (χ4v) is 1.59. The summed E-state index contributed by atoms with van der Waals surface area (Å²) in [6, 6.07) is 4.76. The summed E-state index contributed by atoms with van der Waals surface area (Å²) in [4.78, 5) is 4.02. The van der Waals surface area contributed by atoms with Gasteiger partial charge in [-0.1, -0.05) is 13.8 Å². The van der Waals surface area contributed by atoms with Gasteiger partial charge in [-0.2, -0.15) is 0 Å². The summed E-state index contributed by atoms with van der Waals surface area (Å²) < 4.78 is 0. The van der Waals surface area contributed by atoms with Crippen molar-refractivity contribution in [2.45, 2.75) is 33.2 Å². The van der Waals surface area contributed by atoms with E-state index in [1.807, 2.05) is 12.4 Å². The minimum atomic E-state index is 0.577. The third-order valence-corrected chi connectivity index (χ3v) is 2.69. The van der Waals surface area contributed by atoms with Gasteiger partial charge in [0.05, 0.1) is 0 Å². The largest absolute Gasteiger partial charge is 0.314 e. The minimum absolute atomic E-state index is 0.577. The maximum absolute atomic E-state index is 4.02. The van der Waals surface area contributed by atoms with E-state index in [1.54, 1.807) is 0 Å². The van der Waals surface area contributed by atoms with Crippen LogP contribution in [0.2, 0.25) is 0 Å². The topological polar surface area (TPSA) is 24.9 Å². The van der Waals surface area contributed by atoms with E-state index in [1.165, 1.54) is 5.56 Å². The Balaban J connectivity index is 2.44. The van der Waals surface area contributed by atoms with E-state index in [2.05, 4.69) is 43.2 Å². The maximum atomic E-state index is 4.02. The molecule has 0 spiro atoms. The molecule has 78 valence electrons. The molecule has 0 aromatic carbocycles. The second kappa shape index (κ2) is 5.76. The van der Waals surface area contributed by atoms with Gasteiger partial charge >= 0.3 is 0 Å². The lowest BCUT2D eigenvalue weighted by Crippen LogP contribution is -2.32. The Labute approximate surface area is 86.8 Å². The van der Waals surface area contributed by atoms with Crippen LogP contribution in [0.5, 0.6) is 0 Å². The Kier molecular flexibility index (Phi) is 4.60. The van der Waals surface area contributed by atoms with Gasteiger partial charge in [0.1, 0.15) is 0 Å². The molecule has 0 fully saturated rings. The molecule has 2 atom stereocenters. The Morgan fingerprint density at radius 1 is 1.29 bits per heavy atom. The lowest BCUT2D eigenvalue weighted by molar-refractivity contribution is 0.406. The van der Waals surface area contributed by atoms with Crippen LogP contribution in [0, 0.1) is 5.92 Å². The summed E-state index contributed by atoms with van der Waals surface area (Å²) in [5.74, 6) is 0.664. The third kappa shape index (κ3) is 3.46. The van der Waals surface area contributed by atoms with Crippen LogP contribution >= 0.6 is 0 Å². The molecular weight excluding hydrogens is 172 g/mol. The minimum Gasteiger partial charge on any atom is -0.314 e. The first kappa shape index (κ1) is 11.2. The Morgan fingerprint density at radius 3 is 2.50 bits per heavy atom. The summed E-state index contributed by atoms with van der Waals surface area (Å²) in [5, 5.41) is 3.45. The maximum Gasteiger partial charge on any atom is 0.0270 e. The molecule has 0 aliphatic carbocycles. The summed E-state index contributed by atoms with van der Waals surface area (Å²) >= 11 is 0. The smallest absolute Gasteiger partial charge is 0.0270 e. The van der Waals surface area contributed by atoms with Gasteiger partial charge in [-0.25, -0.2) is 0 Å². The van der Waals surface area contributed by atoms with Gasteiger partial charge in [0.2, 0.25) is 0 Å². The number of pyridine rings is 1. The van der Waals surface area contributed by atoms with Crippen molar-refractivity contribution < 1.29 is 0 Å². The molecular formula is C12H20N2. The molecule has 2 heteroatoms. The molecule has 0 amide bonds. The first-order chi connectivity index (χ1) is 6.74. The first-order valence-electron chi connectivity index (χ1n) is 5.36. The van der Waals surface area contributed by atoms with Crippen LogP contribution in [-0.4, -0.2) is 17.6 Å². The van der Waals surface area contributed by atoms with Crippen molar-refractivity contribution in [3.63, 3.8) is 0 Å². The lowest BCUT2D eigenvalue weighted by atomic mass is 9.95. The van der Waals surface area contributed by atoms with Gasteiger partial charge in [-0.15, -0.1) is 0 Å². The van der Waals surface area contributed by atoms with Crippen LogP contribution in [-0.2, 0) is 6.42 Å². The number of nitrogens with one attached hydrogen (secondary N) is 1. The molecule has 0 saturated heterocycles. The zero-order valence-corrected chi connectivity index (χ0v) is 9.33. The molecule has 0 aliphatic heterocycles. The van der Waals surface area contributed by atoms with Crippen LogP contribution in [0.15, 0.2) is 24.5 Å². The van der Waals surface area contributed by atoms with Crippen LogP contribution < -0.4 is 5.32 Å². The Hall–Kier alpha value is -0.890. The molecule has 14 heavy (non-hydrogen) atoms. The summed E-state index contributed by atoms with van der Waals surface area (Å²) in [6.07, 6.45) is 4.84. The second-order valence-electron chi connectivity index (χ2n) is 3.88. The van der Waals surface area contributed by atoms with E-state index in [4.69, 9.17) is 0 Å². The van der Waals surface area contributed by atoms with Crippen molar-refractivity contribution in [2.24, 2.45) is 5.92 Å². The summed E-state index contributed by atoms with van der Waals surface area (Å²) in [5.41, 5.74) is 1.37. The van der Waals surface area contributed by atoms with E-state index in [9.17, 15) is 0 Å². The molecule has 0 bridgehead atoms. The molecule has 1 aromatic rings. The second-order valence-corrected chi connectivity index (χ2v) is 3.88. The van der Waals surface area contributed by atoms with Gasteiger partial charge in [0.15, 0.2) is 0 Å². The number of hydrogen-bond acceptors (Lipinski definition) is 2. The quantitative estimate of drug-likeness (QED) is 0.774. The molecule has 0 saturated carbocycles. The summed E-state index contributed by atoms with van der Waals surface area (Å²) in [7, 11) is 0. The van der Waals surface area contributed by atoms with Gasteiger partial charge in [0, 0.05) is 18.4 Å². The van der Waals surface area contributed by atoms with Crippen molar-refractivity contribution in [3.05, 3.63) is 30.1 Å². The van der Waals surface area contributed by atoms with Crippen molar-refractivity contribution in [2.75, 3.05) is 6.54 Å². The van der Waals surface area contributed by atoms with Crippen LogP contribution in [0.1, 0.15) is 26.3 Å². The van der Waals surface area contributed by atoms with E-state index >= 15 is 0 Å². The van der Waals surface area contributed by atoms with Gasteiger partial charge in [0.25, 0.3) is 0 Å². The number of nitrogens with zero attached hydrogens (tertiary/aromatic N) is 1. The lowest BCUT2D eigenvalue weighted by Gasteiger charge is -2.20. The van der Waals surface area contributed by atoms with E-state index < -0.39 is 0 Å². The average Bonchev–Trinajstić information content (AvgIpc) is 2.19. The van der Waals surface area contributed by atoms with Gasteiger partial charge in [-0.05, 0) is 43.5 Å². The molecule has 1 aromatic heterocycles. The zero-order valence-electron chi connectivity index (χ0n) is 9.33. The first-order valence-corrected chi connectivity index (χ1v) is 5.36. The number of rotatable bonds is 5. The predicted octanol–water partition coefficient (Wildman–Crippen LogP) is 2.26. The Morgan fingerprint density at radius 2 is 1.93 bits per heavy atom. The normalized spacial score (nSPS) is 15.1. The standard InChI is InChI=1S/C12H20N2/c1-4-14-11(3)10(2)9-12-5-7-13-8-6-12/h5-8,10-11,14H,4,9H2,1-3H3. The van der Waals surface area contributed by atoms with Crippen LogP contribution in [0.25, 0.3) is 0 Å². The van der Waals surface area contributed by atoms with E-state index in [0.717, 1.165) is 13.0 Å². The van der Waals surface area contributed by atoms with Crippen molar-refractivity contribution >= 4 is 0 Å². The summed E-state index contributed by atoms with van der Waals surface area (Å²) in [6.45, 7) is 7.72. The Bertz CT molecular complexity index is 246. The highest BCUT2D eigenvalue weighted by Gasteiger charge is 2.10. The SMILES string of the molecule is CCNC(C)C(C)Cc1ccncc1. The van der Waals surface area contributed by atoms with Gasteiger partial charge < -0.3 is 5.32 Å². The molecule has 0 aliphatic rings.